The summed E-state index contributed by atoms with van der Waals surface area (Å²) in [5.41, 5.74) is 0.293. The molecule has 0 aliphatic rings. The fourth-order valence-corrected chi connectivity index (χ4v) is 1.46. The predicted molar refractivity (Wildman–Crippen MR) is 58.0 cm³/mol. The first-order chi connectivity index (χ1) is 8.45. The quantitative estimate of drug-likeness (QED) is 0.911. The van der Waals surface area contributed by atoms with Crippen molar-refractivity contribution in [3.63, 3.8) is 0 Å². The highest BCUT2D eigenvalue weighted by Gasteiger charge is 2.39. The lowest BCUT2D eigenvalue weighted by Crippen LogP contribution is -2.25. The van der Waals surface area contributed by atoms with Gasteiger partial charge in [0.25, 0.3) is 0 Å². The average Bonchev–Trinajstić information content (AvgIpc) is 2.72. The van der Waals surface area contributed by atoms with Gasteiger partial charge >= 0.3 is 6.18 Å². The summed E-state index contributed by atoms with van der Waals surface area (Å²) in [5.74, 6) is 0.378. The summed E-state index contributed by atoms with van der Waals surface area (Å²) in [6.45, 7) is 3.42. The predicted octanol–water partition coefficient (Wildman–Crippen LogP) is 1.78. The molecule has 2 rings (SSSR count). The van der Waals surface area contributed by atoms with Gasteiger partial charge in [-0.25, -0.2) is 14.6 Å². The molecule has 2 aromatic rings. The van der Waals surface area contributed by atoms with Crippen molar-refractivity contribution in [1.29, 1.82) is 0 Å². The van der Waals surface area contributed by atoms with Crippen molar-refractivity contribution in [2.75, 3.05) is 11.9 Å². The van der Waals surface area contributed by atoms with Crippen LogP contribution in [0.4, 0.5) is 19.0 Å². The molecule has 0 aliphatic heterocycles. The molecule has 1 atom stereocenters. The molecule has 18 heavy (non-hydrogen) atoms. The molecule has 2 aromatic heterocycles. The molecule has 0 saturated heterocycles. The monoisotopic (exact) mass is 260 g/mol. The van der Waals surface area contributed by atoms with Gasteiger partial charge in [-0.15, -0.1) is 5.10 Å². The van der Waals surface area contributed by atoms with Crippen LogP contribution in [0.2, 0.25) is 0 Å². The van der Waals surface area contributed by atoms with E-state index in [1.165, 1.54) is 6.33 Å². The third-order valence-corrected chi connectivity index (χ3v) is 2.45. The Bertz CT molecular complexity index is 549. The van der Waals surface area contributed by atoms with Gasteiger partial charge in [-0.3, -0.25) is 0 Å². The summed E-state index contributed by atoms with van der Waals surface area (Å²) < 4.78 is 38.7. The molecule has 0 radical (unpaired) electrons. The van der Waals surface area contributed by atoms with Crippen LogP contribution in [0.3, 0.4) is 0 Å². The van der Waals surface area contributed by atoms with Gasteiger partial charge in [0.05, 0.1) is 0 Å². The molecular formula is C9H11F3N6. The number of rotatable bonds is 3. The van der Waals surface area contributed by atoms with Crippen molar-refractivity contribution >= 4 is 17.0 Å². The summed E-state index contributed by atoms with van der Waals surface area (Å²) >= 11 is 0. The number of halogens is 3. The molecule has 1 unspecified atom stereocenters. The molecule has 6 nitrogen and oxygen atoms in total. The Morgan fingerprint density at radius 3 is 2.72 bits per heavy atom. The van der Waals surface area contributed by atoms with Crippen LogP contribution >= 0.6 is 0 Å². The van der Waals surface area contributed by atoms with Crippen LogP contribution in [0.25, 0.3) is 11.2 Å². The summed E-state index contributed by atoms with van der Waals surface area (Å²) in [5, 5.41) is 10.1. The van der Waals surface area contributed by atoms with Gasteiger partial charge in [0.2, 0.25) is 0 Å². The van der Waals surface area contributed by atoms with E-state index < -0.39 is 12.2 Å². The Balaban J connectivity index is 2.52. The first kappa shape index (κ1) is 12.5. The van der Waals surface area contributed by atoms with Gasteiger partial charge in [0.15, 0.2) is 17.0 Å². The number of hydrogen-bond donors (Lipinski definition) is 1. The molecule has 0 amide bonds. The van der Waals surface area contributed by atoms with Crippen LogP contribution in [0, 0.1) is 0 Å². The van der Waals surface area contributed by atoms with Crippen LogP contribution in [0.1, 0.15) is 19.9 Å². The maximum atomic E-state index is 12.6. The number of hydrogen-bond acceptors (Lipinski definition) is 5. The number of alkyl halides is 3. The molecule has 0 spiro atoms. The van der Waals surface area contributed by atoms with Crippen molar-refractivity contribution in [1.82, 2.24) is 25.0 Å². The maximum absolute atomic E-state index is 12.6. The minimum absolute atomic E-state index is 0.0609. The third kappa shape index (κ3) is 2.07. The minimum Gasteiger partial charge on any atom is -0.368 e. The number of fused-ring (bicyclic) bond motifs is 1. The van der Waals surface area contributed by atoms with E-state index in [2.05, 4.69) is 25.6 Å². The number of nitrogens with zero attached hydrogens (tertiary/aromatic N) is 5. The number of aromatic nitrogens is 5. The highest BCUT2D eigenvalue weighted by atomic mass is 19.4. The first-order valence-corrected chi connectivity index (χ1v) is 5.31. The fraction of sp³-hybridized carbons (Fsp3) is 0.556. The van der Waals surface area contributed by atoms with E-state index in [0.29, 0.717) is 12.4 Å². The fourth-order valence-electron chi connectivity index (χ4n) is 1.46. The smallest absolute Gasteiger partial charge is 0.368 e. The highest BCUT2D eigenvalue weighted by Crippen LogP contribution is 2.31. The zero-order valence-corrected chi connectivity index (χ0v) is 9.73. The molecule has 0 bridgehead atoms. The van der Waals surface area contributed by atoms with Gasteiger partial charge in [-0.2, -0.15) is 13.2 Å². The zero-order valence-electron chi connectivity index (χ0n) is 9.73. The van der Waals surface area contributed by atoms with E-state index in [1.807, 2.05) is 6.92 Å². The number of nitrogens with one attached hydrogen (secondary N) is 1. The summed E-state index contributed by atoms with van der Waals surface area (Å²) in [6.07, 6.45) is -3.22. The Kier molecular flexibility index (Phi) is 3.05. The molecule has 9 heteroatoms. The van der Waals surface area contributed by atoms with E-state index in [-0.39, 0.29) is 11.2 Å². The van der Waals surface area contributed by atoms with Crippen LogP contribution in [0.15, 0.2) is 6.33 Å². The maximum Gasteiger partial charge on any atom is 0.410 e. The third-order valence-electron chi connectivity index (χ3n) is 2.45. The van der Waals surface area contributed by atoms with Crippen LogP contribution in [-0.4, -0.2) is 37.7 Å². The SMILES string of the molecule is CCNc1ncnc2c1nnn2C(C)C(F)(F)F. The summed E-state index contributed by atoms with van der Waals surface area (Å²) in [7, 11) is 0. The van der Waals surface area contributed by atoms with E-state index in [1.54, 1.807) is 0 Å². The largest absolute Gasteiger partial charge is 0.410 e. The molecule has 0 saturated carbocycles. The molecular weight excluding hydrogens is 249 g/mol. The highest BCUT2D eigenvalue weighted by molar-refractivity contribution is 5.81. The van der Waals surface area contributed by atoms with Gasteiger partial charge in [-0.1, -0.05) is 5.21 Å². The first-order valence-electron chi connectivity index (χ1n) is 5.31. The Morgan fingerprint density at radius 2 is 2.11 bits per heavy atom. The van der Waals surface area contributed by atoms with Crippen molar-refractivity contribution in [3.05, 3.63) is 6.33 Å². The van der Waals surface area contributed by atoms with Crippen molar-refractivity contribution in [3.8, 4) is 0 Å². The van der Waals surface area contributed by atoms with Crippen LogP contribution in [-0.2, 0) is 0 Å². The van der Waals surface area contributed by atoms with Crippen molar-refractivity contribution < 1.29 is 13.2 Å². The molecule has 1 N–H and O–H groups in total. The molecule has 2 heterocycles. The van der Waals surface area contributed by atoms with Gasteiger partial charge in [0, 0.05) is 6.54 Å². The molecule has 0 aromatic carbocycles. The van der Waals surface area contributed by atoms with Crippen LogP contribution in [0.5, 0.6) is 0 Å². The standard InChI is InChI=1S/C9H11F3N6/c1-3-13-7-6-8(15-4-14-7)18(17-16-6)5(2)9(10,11)12/h4-5H,3H2,1-2H3,(H,13,14,15). The topological polar surface area (TPSA) is 68.5 Å². The normalized spacial score (nSPS) is 13.8. The summed E-state index contributed by atoms with van der Waals surface area (Å²) in [6, 6.07) is -1.79. The minimum atomic E-state index is -4.40. The molecule has 0 fully saturated rings. The number of anilines is 1. The van der Waals surface area contributed by atoms with E-state index in [9.17, 15) is 13.2 Å². The second-order valence-corrected chi connectivity index (χ2v) is 3.68. The Hall–Kier alpha value is -1.93. The van der Waals surface area contributed by atoms with E-state index in [4.69, 9.17) is 0 Å². The van der Waals surface area contributed by atoms with E-state index >= 15 is 0 Å². The lowest BCUT2D eigenvalue weighted by Gasteiger charge is -2.15. The molecule has 98 valence electrons. The zero-order chi connectivity index (χ0) is 13.3. The lowest BCUT2D eigenvalue weighted by atomic mass is 10.3. The van der Waals surface area contributed by atoms with Gasteiger partial charge < -0.3 is 5.32 Å². The second kappa shape index (κ2) is 4.39. The van der Waals surface area contributed by atoms with E-state index in [0.717, 1.165) is 11.6 Å². The van der Waals surface area contributed by atoms with Gasteiger partial charge in [-0.05, 0) is 13.8 Å². The van der Waals surface area contributed by atoms with Gasteiger partial charge in [0.1, 0.15) is 12.4 Å². The lowest BCUT2D eigenvalue weighted by molar-refractivity contribution is -0.164. The average molecular weight is 260 g/mol. The second-order valence-electron chi connectivity index (χ2n) is 3.68. The Morgan fingerprint density at radius 1 is 1.39 bits per heavy atom. The van der Waals surface area contributed by atoms with Crippen molar-refractivity contribution in [2.45, 2.75) is 26.1 Å². The Labute approximate surface area is 100 Å². The van der Waals surface area contributed by atoms with Crippen LogP contribution < -0.4 is 5.32 Å². The van der Waals surface area contributed by atoms with Crippen molar-refractivity contribution in [2.24, 2.45) is 0 Å². The summed E-state index contributed by atoms with van der Waals surface area (Å²) in [4.78, 5) is 7.72. The molecule has 0 aliphatic carbocycles.